The lowest BCUT2D eigenvalue weighted by Gasteiger charge is -2.15. The zero-order chi connectivity index (χ0) is 16.1. The zero-order valence-corrected chi connectivity index (χ0v) is 15.5. The van der Waals surface area contributed by atoms with Gasteiger partial charge in [0, 0.05) is 17.6 Å². The molecule has 130 valence electrons. The summed E-state index contributed by atoms with van der Waals surface area (Å²) in [6.07, 6.45) is 1.12. The normalized spacial score (nSPS) is 19.8. The van der Waals surface area contributed by atoms with Crippen LogP contribution in [0.5, 0.6) is 11.5 Å². The molecular weight excluding hydrogens is 388 g/mol. The number of methoxy groups -OCH3 is 2. The number of carbonyl (C=O) groups excluding carboxylic acids is 1. The number of nitrogens with two attached hydrogens (primary N) is 1. The van der Waals surface area contributed by atoms with Crippen molar-refractivity contribution in [3.05, 3.63) is 22.2 Å². The Balaban J connectivity index is 0.00000264. The summed E-state index contributed by atoms with van der Waals surface area (Å²) in [6, 6.07) is 3.65. The van der Waals surface area contributed by atoms with E-state index in [1.807, 2.05) is 12.1 Å². The van der Waals surface area contributed by atoms with E-state index in [0.29, 0.717) is 31.0 Å². The maximum absolute atomic E-state index is 12.1. The minimum atomic E-state index is -0.410. The molecule has 23 heavy (non-hydrogen) atoms. The van der Waals surface area contributed by atoms with Crippen LogP contribution in [0.1, 0.15) is 18.4 Å². The van der Waals surface area contributed by atoms with Gasteiger partial charge in [0.25, 0.3) is 0 Å². The Morgan fingerprint density at radius 1 is 1.35 bits per heavy atom. The standard InChI is InChI=1S/C15H21BrN2O4.ClH/c1-20-13-5-9(11(16)6-14(13)21-2)8-18-15(19)12-4-3-10(7-17)22-12;/h5-6,10,12H,3-4,7-8,17H2,1-2H3,(H,18,19);1H/t10-,12+;/m1./s1. The Morgan fingerprint density at radius 2 is 2.00 bits per heavy atom. The molecule has 6 nitrogen and oxygen atoms in total. The van der Waals surface area contributed by atoms with Crippen molar-refractivity contribution in [2.24, 2.45) is 5.73 Å². The van der Waals surface area contributed by atoms with E-state index in [2.05, 4.69) is 21.2 Å². The summed E-state index contributed by atoms with van der Waals surface area (Å²) in [4.78, 5) is 12.1. The van der Waals surface area contributed by atoms with Gasteiger partial charge in [0.1, 0.15) is 6.10 Å². The van der Waals surface area contributed by atoms with Gasteiger partial charge >= 0.3 is 0 Å². The molecule has 1 amide bonds. The van der Waals surface area contributed by atoms with Crippen LogP contribution in [0.4, 0.5) is 0 Å². The molecule has 0 aromatic heterocycles. The van der Waals surface area contributed by atoms with Crippen LogP contribution in [-0.2, 0) is 16.1 Å². The van der Waals surface area contributed by atoms with Gasteiger partial charge in [-0.05, 0) is 30.5 Å². The number of halogens is 2. The molecule has 1 aromatic rings. The second-order valence-corrected chi connectivity index (χ2v) is 5.93. The molecule has 1 fully saturated rings. The van der Waals surface area contributed by atoms with Gasteiger partial charge in [-0.15, -0.1) is 12.4 Å². The van der Waals surface area contributed by atoms with Crippen molar-refractivity contribution in [1.82, 2.24) is 5.32 Å². The van der Waals surface area contributed by atoms with Gasteiger partial charge in [0.15, 0.2) is 11.5 Å². The molecule has 2 rings (SSSR count). The van der Waals surface area contributed by atoms with Crippen molar-refractivity contribution in [2.45, 2.75) is 31.6 Å². The fraction of sp³-hybridized carbons (Fsp3) is 0.533. The number of benzene rings is 1. The fourth-order valence-electron chi connectivity index (χ4n) is 2.40. The van der Waals surface area contributed by atoms with Crippen LogP contribution in [-0.4, -0.2) is 38.9 Å². The van der Waals surface area contributed by atoms with Crippen LogP contribution in [0.3, 0.4) is 0 Å². The number of ether oxygens (including phenoxy) is 3. The van der Waals surface area contributed by atoms with Crippen LogP contribution < -0.4 is 20.5 Å². The van der Waals surface area contributed by atoms with Crippen LogP contribution in [0.2, 0.25) is 0 Å². The molecule has 0 spiro atoms. The summed E-state index contributed by atoms with van der Waals surface area (Å²) < 4.78 is 16.9. The van der Waals surface area contributed by atoms with Crippen LogP contribution in [0.25, 0.3) is 0 Å². The first-order chi connectivity index (χ1) is 10.6. The van der Waals surface area contributed by atoms with Gasteiger partial charge in [-0.2, -0.15) is 0 Å². The van der Waals surface area contributed by atoms with E-state index in [1.165, 1.54) is 0 Å². The number of rotatable bonds is 6. The summed E-state index contributed by atoms with van der Waals surface area (Å²) in [7, 11) is 3.16. The zero-order valence-electron chi connectivity index (χ0n) is 13.1. The molecule has 0 unspecified atom stereocenters. The molecule has 0 aliphatic carbocycles. The van der Waals surface area contributed by atoms with Gasteiger partial charge in [0.05, 0.1) is 20.3 Å². The highest BCUT2D eigenvalue weighted by molar-refractivity contribution is 9.10. The number of hydrogen-bond donors (Lipinski definition) is 2. The molecule has 0 radical (unpaired) electrons. The third-order valence-electron chi connectivity index (χ3n) is 3.67. The maximum Gasteiger partial charge on any atom is 0.249 e. The highest BCUT2D eigenvalue weighted by Gasteiger charge is 2.29. The second kappa shape index (κ2) is 9.32. The summed E-state index contributed by atoms with van der Waals surface area (Å²) in [5.74, 6) is 1.14. The number of carbonyl (C=O) groups is 1. The quantitative estimate of drug-likeness (QED) is 0.751. The Labute approximate surface area is 150 Å². The van der Waals surface area contributed by atoms with Crippen LogP contribution in [0.15, 0.2) is 16.6 Å². The molecule has 0 saturated carbocycles. The minimum absolute atomic E-state index is 0. The SMILES string of the molecule is COc1cc(Br)c(CNC(=O)[C@@H]2CC[C@H](CN)O2)cc1OC.Cl. The van der Waals surface area contributed by atoms with Crippen molar-refractivity contribution in [3.63, 3.8) is 0 Å². The molecule has 1 aliphatic heterocycles. The van der Waals surface area contributed by atoms with E-state index in [-0.39, 0.29) is 24.4 Å². The topological polar surface area (TPSA) is 82.8 Å². The van der Waals surface area contributed by atoms with Gasteiger partial charge < -0.3 is 25.3 Å². The monoisotopic (exact) mass is 408 g/mol. The average molecular weight is 410 g/mol. The summed E-state index contributed by atoms with van der Waals surface area (Å²) in [6.45, 7) is 0.831. The third kappa shape index (κ3) is 4.97. The van der Waals surface area contributed by atoms with Crippen LogP contribution >= 0.6 is 28.3 Å². The highest BCUT2D eigenvalue weighted by Crippen LogP contribution is 2.33. The summed E-state index contributed by atoms with van der Waals surface area (Å²) in [5.41, 5.74) is 6.45. The predicted molar refractivity (Wildman–Crippen MR) is 93.3 cm³/mol. The number of amides is 1. The first-order valence-corrected chi connectivity index (χ1v) is 7.92. The fourth-order valence-corrected chi connectivity index (χ4v) is 2.86. The van der Waals surface area contributed by atoms with E-state index in [0.717, 1.165) is 16.5 Å². The Kier molecular flexibility index (Phi) is 8.11. The van der Waals surface area contributed by atoms with Gasteiger partial charge in [-0.1, -0.05) is 15.9 Å². The number of hydrogen-bond acceptors (Lipinski definition) is 5. The van der Waals surface area contributed by atoms with E-state index in [1.54, 1.807) is 14.2 Å². The van der Waals surface area contributed by atoms with Crippen molar-refractivity contribution >= 4 is 34.2 Å². The van der Waals surface area contributed by atoms with E-state index in [9.17, 15) is 4.79 Å². The van der Waals surface area contributed by atoms with E-state index >= 15 is 0 Å². The molecule has 1 heterocycles. The molecule has 2 atom stereocenters. The van der Waals surface area contributed by atoms with Gasteiger partial charge in [-0.25, -0.2) is 0 Å². The average Bonchev–Trinajstić information content (AvgIpc) is 3.02. The summed E-state index contributed by atoms with van der Waals surface area (Å²) in [5, 5.41) is 2.88. The lowest BCUT2D eigenvalue weighted by molar-refractivity contribution is -0.132. The summed E-state index contributed by atoms with van der Waals surface area (Å²) >= 11 is 3.47. The molecule has 3 N–H and O–H groups in total. The van der Waals surface area contributed by atoms with Gasteiger partial charge in [0.2, 0.25) is 5.91 Å². The lowest BCUT2D eigenvalue weighted by Crippen LogP contribution is -2.35. The smallest absolute Gasteiger partial charge is 0.249 e. The Bertz CT molecular complexity index is 544. The minimum Gasteiger partial charge on any atom is -0.493 e. The molecule has 8 heteroatoms. The molecule has 1 aromatic carbocycles. The number of nitrogens with one attached hydrogen (secondary N) is 1. The molecule has 1 aliphatic rings. The maximum atomic E-state index is 12.1. The highest BCUT2D eigenvalue weighted by atomic mass is 79.9. The predicted octanol–water partition coefficient (Wildman–Crippen LogP) is 2.01. The van der Waals surface area contributed by atoms with Crippen molar-refractivity contribution in [1.29, 1.82) is 0 Å². The molecular formula is C15H22BrClN2O4. The van der Waals surface area contributed by atoms with Crippen molar-refractivity contribution in [3.8, 4) is 11.5 Å². The lowest BCUT2D eigenvalue weighted by atomic mass is 10.1. The van der Waals surface area contributed by atoms with Crippen molar-refractivity contribution < 1.29 is 19.0 Å². The Morgan fingerprint density at radius 3 is 2.57 bits per heavy atom. The van der Waals surface area contributed by atoms with E-state index < -0.39 is 6.10 Å². The third-order valence-corrected chi connectivity index (χ3v) is 4.41. The largest absolute Gasteiger partial charge is 0.493 e. The van der Waals surface area contributed by atoms with E-state index in [4.69, 9.17) is 19.9 Å². The molecule has 1 saturated heterocycles. The van der Waals surface area contributed by atoms with Gasteiger partial charge in [-0.3, -0.25) is 4.79 Å². The van der Waals surface area contributed by atoms with Crippen LogP contribution in [0, 0.1) is 0 Å². The van der Waals surface area contributed by atoms with Crippen molar-refractivity contribution in [2.75, 3.05) is 20.8 Å². The first-order valence-electron chi connectivity index (χ1n) is 7.12. The molecule has 0 bridgehead atoms. The first kappa shape index (κ1) is 20.0. The second-order valence-electron chi connectivity index (χ2n) is 5.08. The Hall–Kier alpha value is -1.02.